The molecule has 24 heavy (non-hydrogen) atoms. The lowest BCUT2D eigenvalue weighted by Crippen LogP contribution is -2.33. The highest BCUT2D eigenvalue weighted by molar-refractivity contribution is 7.99. The summed E-state index contributed by atoms with van der Waals surface area (Å²) in [6.45, 7) is 3.03. The van der Waals surface area contributed by atoms with E-state index in [1.54, 1.807) is 13.4 Å². The molecule has 0 unspecified atom stereocenters. The Kier molecular flexibility index (Phi) is 6.18. The zero-order valence-electron chi connectivity index (χ0n) is 14.1. The Hall–Kier alpha value is -1.95. The number of nitrogens with zero attached hydrogens (tertiary/aromatic N) is 3. The van der Waals surface area contributed by atoms with Crippen LogP contribution in [0, 0.1) is 0 Å². The highest BCUT2D eigenvalue weighted by Gasteiger charge is 2.12. The number of benzene rings is 1. The number of rotatable bonds is 7. The molecular weight excluding hydrogens is 320 g/mol. The minimum Gasteiger partial charge on any atom is -0.497 e. The number of hydrogen-bond donors (Lipinski definition) is 1. The zero-order chi connectivity index (χ0) is 16.6. The topological polar surface area (TPSA) is 50.3 Å². The van der Waals surface area contributed by atoms with Gasteiger partial charge in [0.1, 0.15) is 23.7 Å². The summed E-state index contributed by atoms with van der Waals surface area (Å²) in [5.74, 6) is 5.20. The van der Waals surface area contributed by atoms with E-state index in [0.717, 1.165) is 49.9 Å². The van der Waals surface area contributed by atoms with Crippen molar-refractivity contribution < 1.29 is 4.74 Å². The van der Waals surface area contributed by atoms with Gasteiger partial charge in [0, 0.05) is 37.2 Å². The number of ether oxygens (including phenoxy) is 1. The molecule has 6 heteroatoms. The molecule has 0 spiro atoms. The van der Waals surface area contributed by atoms with Crippen LogP contribution in [0.5, 0.6) is 5.75 Å². The fraction of sp³-hybridized carbons (Fsp3) is 0.444. The smallest absolute Gasteiger partial charge is 0.134 e. The fourth-order valence-corrected chi connectivity index (χ4v) is 3.65. The number of thioether (sulfide) groups is 1. The van der Waals surface area contributed by atoms with Crippen LogP contribution in [-0.2, 0) is 6.42 Å². The molecule has 0 atom stereocenters. The average molecular weight is 344 g/mol. The molecule has 1 aliphatic rings. The molecular formula is C18H24N4OS. The van der Waals surface area contributed by atoms with Gasteiger partial charge >= 0.3 is 0 Å². The molecule has 2 heterocycles. The maximum atomic E-state index is 5.26. The molecule has 1 fully saturated rings. The van der Waals surface area contributed by atoms with Gasteiger partial charge in [-0.3, -0.25) is 0 Å². The van der Waals surface area contributed by atoms with Crippen molar-refractivity contribution >= 4 is 23.4 Å². The summed E-state index contributed by atoms with van der Waals surface area (Å²) < 4.78 is 5.26. The molecule has 3 rings (SSSR count). The van der Waals surface area contributed by atoms with Gasteiger partial charge in [-0.15, -0.1) is 0 Å². The molecule has 1 aliphatic heterocycles. The van der Waals surface area contributed by atoms with Gasteiger partial charge in [0.05, 0.1) is 7.11 Å². The second-order valence-electron chi connectivity index (χ2n) is 5.74. The second-order valence-corrected chi connectivity index (χ2v) is 6.97. The maximum absolute atomic E-state index is 5.26. The van der Waals surface area contributed by atoms with Crippen molar-refractivity contribution in [2.45, 2.75) is 12.8 Å². The number of nitrogens with one attached hydrogen (secondary N) is 1. The number of aryl methyl sites for hydroxylation is 1. The maximum Gasteiger partial charge on any atom is 0.134 e. The lowest BCUT2D eigenvalue weighted by molar-refractivity contribution is 0.414. The number of hydrogen-bond acceptors (Lipinski definition) is 6. The summed E-state index contributed by atoms with van der Waals surface area (Å²) >= 11 is 2.01. The molecule has 2 aromatic rings. The SMILES string of the molecule is COc1cccc(CCCNc2cc(N3CCSCC3)ncn2)c1. The summed E-state index contributed by atoms with van der Waals surface area (Å²) in [7, 11) is 1.70. The van der Waals surface area contributed by atoms with E-state index < -0.39 is 0 Å². The lowest BCUT2D eigenvalue weighted by Gasteiger charge is -2.27. The van der Waals surface area contributed by atoms with Gasteiger partial charge in [-0.1, -0.05) is 12.1 Å². The molecule has 1 aromatic carbocycles. The first-order valence-electron chi connectivity index (χ1n) is 8.37. The molecule has 0 aliphatic carbocycles. The largest absolute Gasteiger partial charge is 0.497 e. The summed E-state index contributed by atoms with van der Waals surface area (Å²) in [4.78, 5) is 11.1. The summed E-state index contributed by atoms with van der Waals surface area (Å²) in [5.41, 5.74) is 1.30. The van der Waals surface area contributed by atoms with Crippen LogP contribution in [0.4, 0.5) is 11.6 Å². The number of aromatic nitrogens is 2. The van der Waals surface area contributed by atoms with E-state index in [0.29, 0.717) is 0 Å². The summed E-state index contributed by atoms with van der Waals surface area (Å²) in [5, 5.41) is 3.41. The molecule has 0 radical (unpaired) electrons. The van der Waals surface area contributed by atoms with Crippen LogP contribution in [0.3, 0.4) is 0 Å². The zero-order valence-corrected chi connectivity index (χ0v) is 14.9. The Morgan fingerprint density at radius 1 is 1.21 bits per heavy atom. The van der Waals surface area contributed by atoms with Crippen LogP contribution in [0.1, 0.15) is 12.0 Å². The van der Waals surface area contributed by atoms with Crippen LogP contribution in [-0.4, -0.2) is 48.2 Å². The van der Waals surface area contributed by atoms with Crippen molar-refractivity contribution in [2.24, 2.45) is 0 Å². The Morgan fingerprint density at radius 2 is 2.08 bits per heavy atom. The van der Waals surface area contributed by atoms with Gasteiger partial charge in [-0.2, -0.15) is 11.8 Å². The number of anilines is 2. The Balaban J connectivity index is 1.47. The molecule has 0 amide bonds. The van der Waals surface area contributed by atoms with E-state index in [4.69, 9.17) is 4.74 Å². The normalized spacial score (nSPS) is 14.5. The van der Waals surface area contributed by atoms with Crippen LogP contribution >= 0.6 is 11.8 Å². The molecule has 0 saturated carbocycles. The van der Waals surface area contributed by atoms with E-state index in [-0.39, 0.29) is 0 Å². The first kappa shape index (κ1) is 16.9. The van der Waals surface area contributed by atoms with E-state index in [2.05, 4.69) is 38.4 Å². The Bertz CT molecular complexity index is 646. The average Bonchev–Trinajstić information content (AvgIpc) is 2.66. The third-order valence-electron chi connectivity index (χ3n) is 4.07. The van der Waals surface area contributed by atoms with E-state index in [1.165, 1.54) is 17.1 Å². The van der Waals surface area contributed by atoms with Crippen molar-refractivity contribution in [3.8, 4) is 5.75 Å². The third kappa shape index (κ3) is 4.77. The van der Waals surface area contributed by atoms with Gasteiger partial charge in [0.25, 0.3) is 0 Å². The quantitative estimate of drug-likeness (QED) is 0.779. The summed E-state index contributed by atoms with van der Waals surface area (Å²) in [6.07, 6.45) is 3.72. The minimum absolute atomic E-state index is 0.892. The third-order valence-corrected chi connectivity index (χ3v) is 5.01. The van der Waals surface area contributed by atoms with Crippen molar-refractivity contribution in [3.05, 3.63) is 42.2 Å². The van der Waals surface area contributed by atoms with E-state index in [1.807, 2.05) is 23.9 Å². The van der Waals surface area contributed by atoms with Gasteiger partial charge in [0.2, 0.25) is 0 Å². The Labute approximate surface area is 147 Å². The van der Waals surface area contributed by atoms with Crippen LogP contribution in [0.25, 0.3) is 0 Å². The molecule has 1 saturated heterocycles. The molecule has 1 aromatic heterocycles. The second kappa shape index (κ2) is 8.78. The van der Waals surface area contributed by atoms with Gasteiger partial charge in [-0.05, 0) is 30.5 Å². The van der Waals surface area contributed by atoms with Crippen molar-refractivity contribution in [2.75, 3.05) is 48.5 Å². The van der Waals surface area contributed by atoms with Crippen molar-refractivity contribution in [1.82, 2.24) is 9.97 Å². The van der Waals surface area contributed by atoms with E-state index in [9.17, 15) is 0 Å². The minimum atomic E-state index is 0.892. The highest BCUT2D eigenvalue weighted by atomic mass is 32.2. The predicted octanol–water partition coefficient (Wildman–Crippen LogP) is 3.08. The van der Waals surface area contributed by atoms with Crippen molar-refractivity contribution in [3.63, 3.8) is 0 Å². The van der Waals surface area contributed by atoms with E-state index >= 15 is 0 Å². The fourth-order valence-electron chi connectivity index (χ4n) is 2.75. The molecule has 1 N–H and O–H groups in total. The first-order valence-corrected chi connectivity index (χ1v) is 9.52. The van der Waals surface area contributed by atoms with Crippen LogP contribution in [0.2, 0.25) is 0 Å². The van der Waals surface area contributed by atoms with Crippen LogP contribution < -0.4 is 15.0 Å². The lowest BCUT2D eigenvalue weighted by atomic mass is 10.1. The summed E-state index contributed by atoms with van der Waals surface area (Å²) in [6, 6.07) is 10.3. The standard InChI is InChI=1S/C18H24N4OS/c1-23-16-6-2-4-15(12-16)5-3-7-19-17-13-18(21-14-20-17)22-8-10-24-11-9-22/h2,4,6,12-14H,3,5,7-11H2,1H3,(H,19,20,21). The monoisotopic (exact) mass is 344 g/mol. The Morgan fingerprint density at radius 3 is 2.92 bits per heavy atom. The predicted molar refractivity (Wildman–Crippen MR) is 101 cm³/mol. The molecule has 0 bridgehead atoms. The van der Waals surface area contributed by atoms with Gasteiger partial charge in [-0.25, -0.2) is 9.97 Å². The van der Waals surface area contributed by atoms with Crippen LogP contribution in [0.15, 0.2) is 36.7 Å². The van der Waals surface area contributed by atoms with Gasteiger partial charge in [0.15, 0.2) is 0 Å². The van der Waals surface area contributed by atoms with Crippen molar-refractivity contribution in [1.29, 1.82) is 0 Å². The highest BCUT2D eigenvalue weighted by Crippen LogP contribution is 2.19. The first-order chi connectivity index (χ1) is 11.8. The van der Waals surface area contributed by atoms with Gasteiger partial charge < -0.3 is 15.0 Å². The molecule has 128 valence electrons. The molecule has 5 nitrogen and oxygen atoms in total. The number of methoxy groups -OCH3 is 1.